The van der Waals surface area contributed by atoms with E-state index in [2.05, 4.69) is 4.90 Å². The SMILES string of the molecule is Cl.O=C(O)CCCCN1CCN(C(=O)c2ccsc2)CC1. The third-order valence-electron chi connectivity index (χ3n) is 3.54. The van der Waals surface area contributed by atoms with Gasteiger partial charge in [0.2, 0.25) is 0 Å². The number of piperazine rings is 1. The molecule has 2 rings (SSSR count). The van der Waals surface area contributed by atoms with Crippen LogP contribution in [0.4, 0.5) is 0 Å². The van der Waals surface area contributed by atoms with Crippen LogP contribution in [0.3, 0.4) is 0 Å². The minimum absolute atomic E-state index is 0. The van der Waals surface area contributed by atoms with E-state index in [4.69, 9.17) is 5.11 Å². The summed E-state index contributed by atoms with van der Waals surface area (Å²) in [5.74, 6) is -0.604. The number of nitrogens with zero attached hydrogens (tertiary/aromatic N) is 2. The van der Waals surface area contributed by atoms with E-state index >= 15 is 0 Å². The number of unbranched alkanes of at least 4 members (excludes halogenated alkanes) is 1. The maximum Gasteiger partial charge on any atom is 0.303 e. The molecule has 1 aromatic heterocycles. The maximum atomic E-state index is 12.2. The molecule has 0 aliphatic carbocycles. The average molecular weight is 333 g/mol. The molecule has 1 aromatic rings. The molecule has 1 fully saturated rings. The highest BCUT2D eigenvalue weighted by Crippen LogP contribution is 2.12. The normalized spacial score (nSPS) is 15.5. The molecule has 1 aliphatic heterocycles. The first-order valence-electron chi connectivity index (χ1n) is 6.92. The first-order chi connectivity index (χ1) is 9.66. The molecular formula is C14H21ClN2O3S. The molecule has 2 heterocycles. The van der Waals surface area contributed by atoms with Crippen molar-refractivity contribution in [3.8, 4) is 0 Å². The topological polar surface area (TPSA) is 60.9 Å². The minimum atomic E-state index is -0.726. The molecule has 0 bridgehead atoms. The lowest BCUT2D eigenvalue weighted by Gasteiger charge is -2.34. The Hall–Kier alpha value is -1.11. The Morgan fingerprint density at radius 2 is 1.90 bits per heavy atom. The Balaban J connectivity index is 0.00000220. The van der Waals surface area contributed by atoms with Crippen LogP contribution in [0.25, 0.3) is 0 Å². The summed E-state index contributed by atoms with van der Waals surface area (Å²) in [6.45, 7) is 4.20. The Labute approximate surface area is 135 Å². The summed E-state index contributed by atoms with van der Waals surface area (Å²) < 4.78 is 0. The number of amides is 1. The van der Waals surface area contributed by atoms with Gasteiger partial charge in [-0.3, -0.25) is 14.5 Å². The first-order valence-corrected chi connectivity index (χ1v) is 7.87. The van der Waals surface area contributed by atoms with Gasteiger partial charge in [-0.15, -0.1) is 12.4 Å². The van der Waals surface area contributed by atoms with Crippen molar-refractivity contribution in [3.63, 3.8) is 0 Å². The molecule has 0 radical (unpaired) electrons. The Kier molecular flexibility index (Phi) is 7.71. The molecule has 0 aromatic carbocycles. The zero-order valence-electron chi connectivity index (χ0n) is 11.9. The third-order valence-corrected chi connectivity index (χ3v) is 4.23. The lowest BCUT2D eigenvalue weighted by Crippen LogP contribution is -2.48. The number of carbonyl (C=O) groups is 2. The monoisotopic (exact) mass is 332 g/mol. The van der Waals surface area contributed by atoms with Gasteiger partial charge in [0.1, 0.15) is 0 Å². The average Bonchev–Trinajstić information content (AvgIpc) is 2.97. The van der Waals surface area contributed by atoms with Crippen LogP contribution in [-0.2, 0) is 4.79 Å². The van der Waals surface area contributed by atoms with Gasteiger partial charge in [0.25, 0.3) is 5.91 Å². The van der Waals surface area contributed by atoms with E-state index in [0.717, 1.165) is 51.1 Å². The third kappa shape index (κ3) is 5.65. The van der Waals surface area contributed by atoms with E-state index < -0.39 is 5.97 Å². The van der Waals surface area contributed by atoms with Crippen LogP contribution in [0, 0.1) is 0 Å². The van der Waals surface area contributed by atoms with Crippen molar-refractivity contribution in [2.45, 2.75) is 19.3 Å². The molecule has 0 atom stereocenters. The van der Waals surface area contributed by atoms with Gasteiger partial charge in [0, 0.05) is 38.0 Å². The number of hydrogen-bond donors (Lipinski definition) is 1. The fraction of sp³-hybridized carbons (Fsp3) is 0.571. The van der Waals surface area contributed by atoms with Gasteiger partial charge >= 0.3 is 5.97 Å². The number of carboxylic acids is 1. The Morgan fingerprint density at radius 1 is 1.19 bits per heavy atom. The zero-order chi connectivity index (χ0) is 14.4. The molecule has 0 saturated carbocycles. The van der Waals surface area contributed by atoms with Crippen LogP contribution >= 0.6 is 23.7 Å². The van der Waals surface area contributed by atoms with Gasteiger partial charge in [-0.25, -0.2) is 0 Å². The van der Waals surface area contributed by atoms with Crippen molar-refractivity contribution >= 4 is 35.6 Å². The van der Waals surface area contributed by atoms with E-state index in [1.54, 1.807) is 11.3 Å². The van der Waals surface area contributed by atoms with Gasteiger partial charge < -0.3 is 10.0 Å². The van der Waals surface area contributed by atoms with Crippen LogP contribution in [0.2, 0.25) is 0 Å². The van der Waals surface area contributed by atoms with Crippen molar-refractivity contribution in [1.82, 2.24) is 9.80 Å². The van der Waals surface area contributed by atoms with E-state index in [0.29, 0.717) is 0 Å². The Morgan fingerprint density at radius 3 is 2.48 bits per heavy atom. The molecule has 21 heavy (non-hydrogen) atoms. The van der Waals surface area contributed by atoms with Crippen molar-refractivity contribution in [3.05, 3.63) is 22.4 Å². The van der Waals surface area contributed by atoms with Gasteiger partial charge in [-0.05, 0) is 30.8 Å². The second-order valence-electron chi connectivity index (χ2n) is 5.00. The summed E-state index contributed by atoms with van der Waals surface area (Å²) in [7, 11) is 0. The standard InChI is InChI=1S/C14H20N2O3S.ClH/c17-13(18)3-1-2-5-15-6-8-16(9-7-15)14(19)12-4-10-20-11-12;/h4,10-11H,1-3,5-9H2,(H,17,18);1H. The van der Waals surface area contributed by atoms with Crippen LogP contribution in [0.1, 0.15) is 29.6 Å². The minimum Gasteiger partial charge on any atom is -0.481 e. The zero-order valence-corrected chi connectivity index (χ0v) is 13.5. The largest absolute Gasteiger partial charge is 0.481 e. The van der Waals surface area contributed by atoms with Crippen molar-refractivity contribution in [2.24, 2.45) is 0 Å². The highest BCUT2D eigenvalue weighted by molar-refractivity contribution is 7.08. The Bertz CT molecular complexity index is 445. The lowest BCUT2D eigenvalue weighted by atomic mass is 10.2. The van der Waals surface area contributed by atoms with Crippen LogP contribution in [0.15, 0.2) is 16.8 Å². The molecule has 7 heteroatoms. The molecule has 1 amide bonds. The number of carboxylic acid groups (broad SMARTS) is 1. The second-order valence-corrected chi connectivity index (χ2v) is 5.78. The van der Waals surface area contributed by atoms with Crippen molar-refractivity contribution < 1.29 is 14.7 Å². The smallest absolute Gasteiger partial charge is 0.303 e. The second kappa shape index (κ2) is 9.02. The number of halogens is 1. The van der Waals surface area contributed by atoms with Gasteiger partial charge in [-0.2, -0.15) is 11.3 Å². The van der Waals surface area contributed by atoms with Crippen LogP contribution < -0.4 is 0 Å². The highest BCUT2D eigenvalue weighted by atomic mass is 35.5. The summed E-state index contributed by atoms with van der Waals surface area (Å²) >= 11 is 1.54. The molecule has 118 valence electrons. The number of carbonyl (C=O) groups excluding carboxylic acids is 1. The molecular weight excluding hydrogens is 312 g/mol. The molecule has 0 unspecified atom stereocenters. The quantitative estimate of drug-likeness (QED) is 0.811. The van der Waals surface area contributed by atoms with Gasteiger partial charge in [0.05, 0.1) is 5.56 Å². The fourth-order valence-corrected chi connectivity index (χ4v) is 2.98. The summed E-state index contributed by atoms with van der Waals surface area (Å²) in [6, 6.07) is 1.87. The van der Waals surface area contributed by atoms with Crippen LogP contribution in [-0.4, -0.2) is 59.5 Å². The van der Waals surface area contributed by atoms with Gasteiger partial charge in [0.15, 0.2) is 0 Å². The lowest BCUT2D eigenvalue weighted by molar-refractivity contribution is -0.137. The molecule has 0 spiro atoms. The molecule has 1 N–H and O–H groups in total. The number of aliphatic carboxylic acids is 1. The van der Waals surface area contributed by atoms with E-state index in [9.17, 15) is 9.59 Å². The summed E-state index contributed by atoms with van der Waals surface area (Å²) in [4.78, 5) is 26.8. The first kappa shape index (κ1) is 17.9. The molecule has 1 aliphatic rings. The molecule has 1 saturated heterocycles. The number of rotatable bonds is 6. The van der Waals surface area contributed by atoms with Crippen molar-refractivity contribution in [2.75, 3.05) is 32.7 Å². The number of hydrogen-bond acceptors (Lipinski definition) is 4. The number of thiophene rings is 1. The van der Waals surface area contributed by atoms with Crippen molar-refractivity contribution in [1.29, 1.82) is 0 Å². The highest BCUT2D eigenvalue weighted by Gasteiger charge is 2.21. The van der Waals surface area contributed by atoms with E-state index in [1.807, 2.05) is 21.7 Å². The fourth-order valence-electron chi connectivity index (χ4n) is 2.35. The van der Waals surface area contributed by atoms with Gasteiger partial charge in [-0.1, -0.05) is 0 Å². The molecule has 5 nitrogen and oxygen atoms in total. The predicted molar refractivity (Wildman–Crippen MR) is 85.4 cm³/mol. The van der Waals surface area contributed by atoms with E-state index in [1.165, 1.54) is 0 Å². The van der Waals surface area contributed by atoms with Crippen LogP contribution in [0.5, 0.6) is 0 Å². The summed E-state index contributed by atoms with van der Waals surface area (Å²) in [5.41, 5.74) is 0.782. The maximum absolute atomic E-state index is 12.2. The predicted octanol–water partition coefficient (Wildman–Crippen LogP) is 2.18. The summed E-state index contributed by atoms with van der Waals surface area (Å²) in [5, 5.41) is 12.4. The van der Waals surface area contributed by atoms with E-state index in [-0.39, 0.29) is 24.7 Å². The summed E-state index contributed by atoms with van der Waals surface area (Å²) in [6.07, 6.45) is 1.88.